The van der Waals surface area contributed by atoms with Crippen LogP contribution in [0.3, 0.4) is 0 Å². The number of ether oxygens (including phenoxy) is 1. The van der Waals surface area contributed by atoms with Gasteiger partial charge in [0.1, 0.15) is 11.5 Å². The summed E-state index contributed by atoms with van der Waals surface area (Å²) in [4.78, 5) is 57.5. The van der Waals surface area contributed by atoms with E-state index in [1.807, 2.05) is 12.1 Å². The van der Waals surface area contributed by atoms with Gasteiger partial charge in [0.2, 0.25) is 23.6 Å². The maximum Gasteiger partial charge on any atom is 0.241 e. The summed E-state index contributed by atoms with van der Waals surface area (Å²) in [5.74, 6) is -3.67. The van der Waals surface area contributed by atoms with E-state index in [2.05, 4.69) is 0 Å². The lowest BCUT2D eigenvalue weighted by molar-refractivity contribution is -0.140. The van der Waals surface area contributed by atoms with Gasteiger partial charge in [-0.25, -0.2) is 4.90 Å². The zero-order chi connectivity index (χ0) is 26.9. The topological polar surface area (TPSA) is 104 Å². The van der Waals surface area contributed by atoms with Crippen LogP contribution in [0.4, 0.5) is 5.69 Å². The normalized spacial score (nSPS) is 32.2. The Balaban J connectivity index is 1.57. The summed E-state index contributed by atoms with van der Waals surface area (Å²) in [6, 6.07) is 13.8. The number of benzene rings is 2. The number of anilines is 1. The number of methoxy groups -OCH3 is 1. The van der Waals surface area contributed by atoms with Gasteiger partial charge in [-0.1, -0.05) is 35.9 Å². The van der Waals surface area contributed by atoms with Crippen molar-refractivity contribution in [3.63, 3.8) is 0 Å². The first-order valence-corrected chi connectivity index (χ1v) is 13.1. The van der Waals surface area contributed by atoms with Crippen LogP contribution in [0.2, 0.25) is 0 Å². The van der Waals surface area contributed by atoms with Crippen molar-refractivity contribution in [2.45, 2.75) is 32.6 Å². The van der Waals surface area contributed by atoms with Gasteiger partial charge in [-0.15, -0.1) is 0 Å². The Morgan fingerprint density at radius 2 is 1.71 bits per heavy atom. The minimum Gasteiger partial charge on any atom is -0.508 e. The molecule has 2 aromatic carbocycles. The first-order valence-electron chi connectivity index (χ1n) is 13.1. The average molecular weight is 515 g/mol. The third-order valence-corrected chi connectivity index (χ3v) is 9.25. The lowest BCUT2D eigenvalue weighted by Gasteiger charge is -2.49. The summed E-state index contributed by atoms with van der Waals surface area (Å²) >= 11 is 0. The van der Waals surface area contributed by atoms with Crippen LogP contribution in [0.5, 0.6) is 11.5 Å². The second kappa shape index (κ2) is 8.55. The first kappa shape index (κ1) is 24.4. The number of imide groups is 2. The summed E-state index contributed by atoms with van der Waals surface area (Å²) < 4.78 is 5.66. The minimum absolute atomic E-state index is 0.0413. The number of phenols is 1. The quantitative estimate of drug-likeness (QED) is 0.493. The molecule has 2 saturated heterocycles. The molecule has 0 spiro atoms. The maximum atomic E-state index is 14.3. The van der Waals surface area contributed by atoms with Crippen LogP contribution in [0.1, 0.15) is 38.2 Å². The highest BCUT2D eigenvalue weighted by molar-refractivity contribution is 6.24. The fraction of sp³-hybridized carbons (Fsp3) is 0.400. The van der Waals surface area contributed by atoms with E-state index in [1.165, 1.54) is 16.9 Å². The fourth-order valence-electron chi connectivity index (χ4n) is 7.52. The number of likely N-dealkylation sites (tertiary alicyclic amines) is 1. The van der Waals surface area contributed by atoms with Crippen molar-refractivity contribution in [1.29, 1.82) is 0 Å². The molecule has 196 valence electrons. The molecule has 2 aliphatic carbocycles. The van der Waals surface area contributed by atoms with Gasteiger partial charge in [0.25, 0.3) is 0 Å². The molecule has 6 rings (SSSR count). The van der Waals surface area contributed by atoms with Crippen molar-refractivity contribution < 1.29 is 29.0 Å². The fourth-order valence-corrected chi connectivity index (χ4v) is 7.52. The Morgan fingerprint density at radius 1 is 0.974 bits per heavy atom. The van der Waals surface area contributed by atoms with Crippen molar-refractivity contribution >= 4 is 29.3 Å². The highest BCUT2D eigenvalue weighted by Gasteiger charge is 2.68. The smallest absolute Gasteiger partial charge is 0.241 e. The predicted octanol–water partition coefficient (Wildman–Crippen LogP) is 3.65. The molecule has 3 fully saturated rings. The molecule has 0 aromatic heterocycles. The molecule has 1 N–H and O–H groups in total. The van der Waals surface area contributed by atoms with Crippen LogP contribution in [-0.4, -0.2) is 47.3 Å². The van der Waals surface area contributed by atoms with E-state index < -0.39 is 35.0 Å². The van der Waals surface area contributed by atoms with Gasteiger partial charge in [-0.3, -0.25) is 24.1 Å². The van der Waals surface area contributed by atoms with Crippen molar-refractivity contribution in [2.75, 3.05) is 18.6 Å². The van der Waals surface area contributed by atoms with E-state index in [0.717, 1.165) is 5.57 Å². The number of nitrogens with zero attached hydrogens (tertiary/aromatic N) is 2. The van der Waals surface area contributed by atoms with Gasteiger partial charge in [0, 0.05) is 18.0 Å². The zero-order valence-corrected chi connectivity index (χ0v) is 21.6. The number of aromatic hydroxyl groups is 1. The minimum atomic E-state index is -1.23. The molecule has 6 atom stereocenters. The van der Waals surface area contributed by atoms with Gasteiger partial charge in [-0.2, -0.15) is 0 Å². The van der Waals surface area contributed by atoms with Crippen LogP contribution >= 0.6 is 0 Å². The molecule has 6 unspecified atom stereocenters. The van der Waals surface area contributed by atoms with Gasteiger partial charge in [0.05, 0.1) is 36.0 Å². The molecule has 38 heavy (non-hydrogen) atoms. The Labute approximate surface area is 220 Å². The summed E-state index contributed by atoms with van der Waals surface area (Å²) in [7, 11) is 1.50. The van der Waals surface area contributed by atoms with E-state index in [1.54, 1.807) is 56.3 Å². The molecule has 8 heteroatoms. The lowest BCUT2D eigenvalue weighted by Crippen LogP contribution is -2.49. The Kier molecular flexibility index (Phi) is 5.49. The van der Waals surface area contributed by atoms with Crippen LogP contribution < -0.4 is 9.64 Å². The van der Waals surface area contributed by atoms with E-state index in [0.29, 0.717) is 30.0 Å². The third-order valence-electron chi connectivity index (χ3n) is 9.25. The number of fused-ring (bicyclic) bond motifs is 4. The number of amides is 4. The van der Waals surface area contributed by atoms with E-state index in [9.17, 15) is 24.3 Å². The third kappa shape index (κ3) is 3.03. The maximum absolute atomic E-state index is 14.3. The number of hydrogen-bond acceptors (Lipinski definition) is 6. The standard InChI is InChI=1S/C30H30N2O6/c1-4-31-26(34)18-14-13-17-19(23(18)28(31)36)15-20-27(35)32(16-9-6-5-7-10-16)29(37)30(20,2)25(17)24-21(33)11-8-12-22(24)38-3/h5-13,18-20,23,25,33H,4,14-15H2,1-3H3. The van der Waals surface area contributed by atoms with E-state index in [-0.39, 0.29) is 35.8 Å². The van der Waals surface area contributed by atoms with Crippen LogP contribution in [0.25, 0.3) is 0 Å². The number of phenolic OH excluding ortho intramolecular Hbond substituents is 1. The largest absolute Gasteiger partial charge is 0.508 e. The second-order valence-electron chi connectivity index (χ2n) is 10.8. The Bertz CT molecular complexity index is 1400. The van der Waals surface area contributed by atoms with E-state index in [4.69, 9.17) is 4.74 Å². The number of carbonyl (C=O) groups excluding carboxylic acids is 4. The average Bonchev–Trinajstić information content (AvgIpc) is 3.28. The highest BCUT2D eigenvalue weighted by Crippen LogP contribution is 2.65. The molecule has 8 nitrogen and oxygen atoms in total. The van der Waals surface area contributed by atoms with E-state index >= 15 is 0 Å². The van der Waals surface area contributed by atoms with Gasteiger partial charge in [0.15, 0.2) is 0 Å². The van der Waals surface area contributed by atoms with Crippen LogP contribution in [0, 0.1) is 29.1 Å². The summed E-state index contributed by atoms with van der Waals surface area (Å²) in [6.07, 6.45) is 2.62. The second-order valence-corrected chi connectivity index (χ2v) is 10.8. The molecular weight excluding hydrogens is 484 g/mol. The van der Waals surface area contributed by atoms with Gasteiger partial charge in [-0.05, 0) is 56.9 Å². The number of carbonyl (C=O) groups is 4. The molecular formula is C30H30N2O6. The predicted molar refractivity (Wildman–Crippen MR) is 138 cm³/mol. The molecule has 0 bridgehead atoms. The van der Waals surface area contributed by atoms with Crippen LogP contribution in [0.15, 0.2) is 60.2 Å². The van der Waals surface area contributed by atoms with Crippen molar-refractivity contribution in [3.05, 3.63) is 65.7 Å². The van der Waals surface area contributed by atoms with Crippen molar-refractivity contribution in [2.24, 2.45) is 29.1 Å². The SMILES string of the molecule is CCN1C(=O)C2CC=C3C(CC4C(=O)N(c5ccccc5)C(=O)C4(C)C3c3c(O)cccc3OC)C2C1=O. The van der Waals surface area contributed by atoms with Crippen molar-refractivity contribution in [3.8, 4) is 11.5 Å². The Hall–Kier alpha value is -3.94. The number of allylic oxidation sites excluding steroid dienone is 2. The molecule has 4 aliphatic rings. The molecule has 2 aliphatic heterocycles. The lowest BCUT2D eigenvalue weighted by atomic mass is 9.51. The Morgan fingerprint density at radius 3 is 2.39 bits per heavy atom. The number of hydrogen-bond donors (Lipinski definition) is 1. The molecule has 2 heterocycles. The summed E-state index contributed by atoms with van der Waals surface area (Å²) in [6.45, 7) is 3.87. The van der Waals surface area contributed by atoms with Gasteiger partial charge >= 0.3 is 0 Å². The zero-order valence-electron chi connectivity index (χ0n) is 21.6. The summed E-state index contributed by atoms with van der Waals surface area (Å²) in [5, 5.41) is 11.1. The van der Waals surface area contributed by atoms with Gasteiger partial charge < -0.3 is 9.84 Å². The molecule has 2 aromatic rings. The highest BCUT2D eigenvalue weighted by atomic mass is 16.5. The van der Waals surface area contributed by atoms with Crippen LogP contribution in [-0.2, 0) is 19.2 Å². The monoisotopic (exact) mass is 514 g/mol. The first-order chi connectivity index (χ1) is 18.2. The summed E-state index contributed by atoms with van der Waals surface area (Å²) in [5.41, 5.74) is 0.502. The molecule has 4 amide bonds. The molecule has 0 radical (unpaired) electrons. The number of rotatable bonds is 4. The number of para-hydroxylation sites is 1. The molecule has 1 saturated carbocycles. The van der Waals surface area contributed by atoms with Crippen molar-refractivity contribution in [1.82, 2.24) is 4.90 Å².